The predicted molar refractivity (Wildman–Crippen MR) is 99.8 cm³/mol. The smallest absolute Gasteiger partial charge is 0.338 e. The van der Waals surface area contributed by atoms with E-state index in [4.69, 9.17) is 10.00 Å². The zero-order valence-electron chi connectivity index (χ0n) is 15.1. The molecule has 0 bridgehead atoms. The molecule has 0 unspecified atom stereocenters. The topological polar surface area (TPSA) is 53.3 Å². The van der Waals surface area contributed by atoms with Crippen LogP contribution in [0.25, 0.3) is 0 Å². The lowest BCUT2D eigenvalue weighted by atomic mass is 10.00. The summed E-state index contributed by atoms with van der Waals surface area (Å²) in [6.07, 6.45) is 0.430. The summed E-state index contributed by atoms with van der Waals surface area (Å²) in [5.74, 6) is -0.289. The molecule has 2 aromatic carbocycles. The van der Waals surface area contributed by atoms with E-state index in [1.807, 2.05) is 63.2 Å². The number of nitriles is 1. The molecule has 0 spiro atoms. The lowest BCUT2D eigenvalue weighted by molar-refractivity contribution is 0.0513. The number of benzene rings is 2. The Labute approximate surface area is 149 Å². The van der Waals surface area contributed by atoms with Crippen LogP contribution in [-0.4, -0.2) is 25.7 Å². The summed E-state index contributed by atoms with van der Waals surface area (Å²) in [4.78, 5) is 14.5. The minimum absolute atomic E-state index is 0.284. The maximum atomic E-state index is 12.4. The summed E-state index contributed by atoms with van der Waals surface area (Å²) in [6, 6.07) is 16.0. The second kappa shape index (κ2) is 8.89. The van der Waals surface area contributed by atoms with Gasteiger partial charge in [0.15, 0.2) is 0 Å². The molecule has 0 atom stereocenters. The summed E-state index contributed by atoms with van der Waals surface area (Å²) in [6.45, 7) is 7.33. The SMILES string of the molecule is Cc1cc(C)c(C(=O)OCCN(CCC#N)c2ccccc2)c(C)c1. The van der Waals surface area contributed by atoms with Crippen LogP contribution >= 0.6 is 0 Å². The molecule has 0 saturated heterocycles. The maximum absolute atomic E-state index is 12.4. The van der Waals surface area contributed by atoms with Crippen molar-refractivity contribution in [2.75, 3.05) is 24.6 Å². The number of hydrogen-bond donors (Lipinski definition) is 0. The number of rotatable bonds is 7. The highest BCUT2D eigenvalue weighted by molar-refractivity contribution is 5.92. The molecule has 0 N–H and O–H groups in total. The van der Waals surface area contributed by atoms with Crippen molar-refractivity contribution in [3.05, 3.63) is 64.7 Å². The molecular weight excluding hydrogens is 312 g/mol. The second-order valence-electron chi connectivity index (χ2n) is 6.14. The number of anilines is 1. The van der Waals surface area contributed by atoms with Crippen LogP contribution in [0.5, 0.6) is 0 Å². The lowest BCUT2D eigenvalue weighted by Gasteiger charge is -2.23. The number of nitrogens with zero attached hydrogens (tertiary/aromatic N) is 2. The molecular formula is C21H24N2O2. The van der Waals surface area contributed by atoms with Crippen LogP contribution in [0.1, 0.15) is 33.5 Å². The van der Waals surface area contributed by atoms with Crippen LogP contribution in [-0.2, 0) is 4.74 Å². The molecule has 0 amide bonds. The van der Waals surface area contributed by atoms with Gasteiger partial charge >= 0.3 is 5.97 Å². The molecule has 0 fully saturated rings. The van der Waals surface area contributed by atoms with Crippen molar-refractivity contribution < 1.29 is 9.53 Å². The Morgan fingerprint density at radius 2 is 1.72 bits per heavy atom. The molecule has 130 valence electrons. The molecule has 0 aliphatic heterocycles. The lowest BCUT2D eigenvalue weighted by Crippen LogP contribution is -2.29. The first-order valence-electron chi connectivity index (χ1n) is 8.45. The average Bonchev–Trinajstić information content (AvgIpc) is 2.57. The van der Waals surface area contributed by atoms with Crippen LogP contribution in [0, 0.1) is 32.1 Å². The van der Waals surface area contributed by atoms with Gasteiger partial charge in [0.25, 0.3) is 0 Å². The van der Waals surface area contributed by atoms with Gasteiger partial charge in [0.05, 0.1) is 24.6 Å². The van der Waals surface area contributed by atoms with Crippen LogP contribution in [0.4, 0.5) is 5.69 Å². The first-order valence-corrected chi connectivity index (χ1v) is 8.45. The Balaban J connectivity index is 2.00. The van der Waals surface area contributed by atoms with Gasteiger partial charge in [-0.2, -0.15) is 5.26 Å². The molecule has 0 heterocycles. The number of carbonyl (C=O) groups is 1. The summed E-state index contributed by atoms with van der Waals surface area (Å²) in [7, 11) is 0. The first-order chi connectivity index (χ1) is 12.0. The number of hydrogen-bond acceptors (Lipinski definition) is 4. The van der Waals surface area contributed by atoms with E-state index >= 15 is 0 Å². The van der Waals surface area contributed by atoms with E-state index in [1.54, 1.807) is 0 Å². The van der Waals surface area contributed by atoms with E-state index in [1.165, 1.54) is 0 Å². The quantitative estimate of drug-likeness (QED) is 0.712. The molecule has 4 nitrogen and oxygen atoms in total. The van der Waals surface area contributed by atoms with Crippen LogP contribution in [0.3, 0.4) is 0 Å². The van der Waals surface area contributed by atoms with Gasteiger partial charge in [-0.15, -0.1) is 0 Å². The normalized spacial score (nSPS) is 10.2. The van der Waals surface area contributed by atoms with E-state index in [-0.39, 0.29) is 12.6 Å². The van der Waals surface area contributed by atoms with Gasteiger partial charge in [0, 0.05) is 12.2 Å². The largest absolute Gasteiger partial charge is 0.460 e. The third-order valence-corrected chi connectivity index (χ3v) is 4.09. The third kappa shape index (κ3) is 5.09. The molecule has 0 aliphatic carbocycles. The molecule has 0 aromatic heterocycles. The maximum Gasteiger partial charge on any atom is 0.338 e. The van der Waals surface area contributed by atoms with Gasteiger partial charge in [-0.25, -0.2) is 4.79 Å². The highest BCUT2D eigenvalue weighted by Gasteiger charge is 2.15. The van der Waals surface area contributed by atoms with Crippen LogP contribution < -0.4 is 4.90 Å². The first kappa shape index (κ1) is 18.5. The third-order valence-electron chi connectivity index (χ3n) is 4.09. The van der Waals surface area contributed by atoms with Crippen molar-refractivity contribution in [2.45, 2.75) is 27.2 Å². The fraction of sp³-hybridized carbons (Fsp3) is 0.333. The molecule has 4 heteroatoms. The van der Waals surface area contributed by atoms with Gasteiger partial charge in [0.2, 0.25) is 0 Å². The van der Waals surface area contributed by atoms with Gasteiger partial charge in [-0.1, -0.05) is 35.9 Å². The molecule has 2 aromatic rings. The summed E-state index contributed by atoms with van der Waals surface area (Å²) in [5, 5.41) is 8.85. The van der Waals surface area contributed by atoms with Gasteiger partial charge in [0.1, 0.15) is 6.61 Å². The Kier molecular flexibility index (Phi) is 6.59. The summed E-state index contributed by atoms with van der Waals surface area (Å²) < 4.78 is 5.50. The minimum atomic E-state index is -0.289. The predicted octanol–water partition coefficient (Wildman–Crippen LogP) is 4.19. The zero-order chi connectivity index (χ0) is 18.2. The number of aryl methyl sites for hydroxylation is 3. The van der Waals surface area contributed by atoms with Crippen molar-refractivity contribution in [3.8, 4) is 6.07 Å². The molecule has 0 aliphatic rings. The van der Waals surface area contributed by atoms with Crippen molar-refractivity contribution in [2.24, 2.45) is 0 Å². The number of esters is 1. The van der Waals surface area contributed by atoms with E-state index < -0.39 is 0 Å². The Morgan fingerprint density at radius 3 is 2.32 bits per heavy atom. The molecule has 0 saturated carbocycles. The Hall–Kier alpha value is -2.80. The number of para-hydroxylation sites is 1. The zero-order valence-corrected chi connectivity index (χ0v) is 15.1. The van der Waals surface area contributed by atoms with E-state index in [9.17, 15) is 4.79 Å². The highest BCUT2D eigenvalue weighted by atomic mass is 16.5. The second-order valence-corrected chi connectivity index (χ2v) is 6.14. The standard InChI is InChI=1S/C21H24N2O2/c1-16-14-17(2)20(18(3)15-16)21(24)25-13-12-23(11-7-10-22)19-8-5-4-6-9-19/h4-6,8-9,14-15H,7,11-13H2,1-3H3. The fourth-order valence-corrected chi connectivity index (χ4v) is 3.02. The van der Waals surface area contributed by atoms with E-state index in [0.29, 0.717) is 25.1 Å². The van der Waals surface area contributed by atoms with E-state index in [0.717, 1.165) is 22.4 Å². The van der Waals surface area contributed by atoms with Gasteiger partial charge in [-0.3, -0.25) is 0 Å². The minimum Gasteiger partial charge on any atom is -0.460 e. The molecule has 25 heavy (non-hydrogen) atoms. The molecule has 0 radical (unpaired) electrons. The Morgan fingerprint density at radius 1 is 1.08 bits per heavy atom. The summed E-state index contributed by atoms with van der Waals surface area (Å²) in [5.41, 5.74) is 4.68. The number of carbonyl (C=O) groups excluding carboxylic acids is 1. The van der Waals surface area contributed by atoms with Gasteiger partial charge < -0.3 is 9.64 Å². The Bertz CT molecular complexity index is 740. The average molecular weight is 336 g/mol. The van der Waals surface area contributed by atoms with Crippen molar-refractivity contribution in [3.63, 3.8) is 0 Å². The highest BCUT2D eigenvalue weighted by Crippen LogP contribution is 2.18. The fourth-order valence-electron chi connectivity index (χ4n) is 3.02. The monoisotopic (exact) mass is 336 g/mol. The number of ether oxygens (including phenoxy) is 1. The molecule has 2 rings (SSSR count). The van der Waals surface area contributed by atoms with Crippen molar-refractivity contribution in [1.82, 2.24) is 0 Å². The van der Waals surface area contributed by atoms with Crippen LogP contribution in [0.15, 0.2) is 42.5 Å². The van der Waals surface area contributed by atoms with Crippen LogP contribution in [0.2, 0.25) is 0 Å². The van der Waals surface area contributed by atoms with E-state index in [2.05, 4.69) is 11.0 Å². The van der Waals surface area contributed by atoms with Gasteiger partial charge in [-0.05, 0) is 44.0 Å². The summed E-state index contributed by atoms with van der Waals surface area (Å²) >= 11 is 0. The van der Waals surface area contributed by atoms with Crippen molar-refractivity contribution >= 4 is 11.7 Å². The van der Waals surface area contributed by atoms with Crippen molar-refractivity contribution in [1.29, 1.82) is 5.26 Å².